The van der Waals surface area contributed by atoms with Gasteiger partial charge in [-0.05, 0) is 44.2 Å². The van der Waals surface area contributed by atoms with E-state index in [4.69, 9.17) is 17.4 Å². The van der Waals surface area contributed by atoms with E-state index in [1.54, 1.807) is 19.2 Å². The molecule has 3 heterocycles. The van der Waals surface area contributed by atoms with Crippen molar-refractivity contribution in [3.05, 3.63) is 72.2 Å². The summed E-state index contributed by atoms with van der Waals surface area (Å²) in [5.74, 6) is 5.65. The number of hydrogen-bond acceptors (Lipinski definition) is 4. The Hall–Kier alpha value is -2.83. The van der Waals surface area contributed by atoms with Crippen molar-refractivity contribution >= 4 is 28.6 Å². The Morgan fingerprint density at radius 3 is 2.39 bits per heavy atom. The number of pyridine rings is 1. The van der Waals surface area contributed by atoms with Gasteiger partial charge in [-0.25, -0.2) is 4.98 Å². The molecule has 1 aliphatic rings. The molecule has 5 nitrogen and oxygen atoms in total. The fourth-order valence-electron chi connectivity index (χ4n) is 3.23. The van der Waals surface area contributed by atoms with E-state index in [0.29, 0.717) is 11.4 Å². The standard InChI is InChI=1S/C15H12ClN3.C8H16N2.C3H7F/c1-2-10-3-4-12-13(16)8-14(18-15(12)7-10)11-5-6-19(17)9-11;1-8(2)10-6-4-9(3)5-7-10;1-2-3-4/h2-9H,1,17H2;1,4-7H2,2-3H3;2-3H2,1H3. The van der Waals surface area contributed by atoms with Crippen LogP contribution in [0.1, 0.15) is 25.8 Å². The number of hydrogen-bond donors (Lipinski definition) is 1. The average Bonchev–Trinajstić information content (AvgIpc) is 3.26. The molecule has 1 saturated heterocycles. The highest BCUT2D eigenvalue weighted by Gasteiger charge is 2.12. The molecule has 33 heavy (non-hydrogen) atoms. The molecule has 1 aliphatic heterocycles. The predicted molar refractivity (Wildman–Crippen MR) is 141 cm³/mol. The zero-order valence-corrected chi connectivity index (χ0v) is 20.7. The molecular weight excluding hydrogens is 437 g/mol. The number of piperazine rings is 1. The van der Waals surface area contributed by atoms with Crippen LogP contribution in [-0.2, 0) is 0 Å². The van der Waals surface area contributed by atoms with Gasteiger partial charge in [-0.15, -0.1) is 0 Å². The minimum atomic E-state index is -0.181. The number of benzene rings is 1. The van der Waals surface area contributed by atoms with Crippen LogP contribution in [0, 0.1) is 0 Å². The van der Waals surface area contributed by atoms with Crippen molar-refractivity contribution in [2.24, 2.45) is 0 Å². The highest BCUT2D eigenvalue weighted by atomic mass is 35.5. The van der Waals surface area contributed by atoms with Crippen LogP contribution < -0.4 is 5.84 Å². The van der Waals surface area contributed by atoms with Gasteiger partial charge in [0.2, 0.25) is 0 Å². The molecule has 0 amide bonds. The Morgan fingerprint density at radius 1 is 1.21 bits per heavy atom. The first-order valence-electron chi connectivity index (χ1n) is 11.1. The van der Waals surface area contributed by atoms with Crippen LogP contribution in [0.25, 0.3) is 28.2 Å². The van der Waals surface area contributed by atoms with E-state index in [9.17, 15) is 4.39 Å². The quantitative estimate of drug-likeness (QED) is 0.485. The van der Waals surface area contributed by atoms with Gasteiger partial charge in [0, 0.05) is 55.2 Å². The van der Waals surface area contributed by atoms with Gasteiger partial charge >= 0.3 is 0 Å². The Labute approximate surface area is 201 Å². The van der Waals surface area contributed by atoms with Gasteiger partial charge in [-0.3, -0.25) is 9.07 Å². The van der Waals surface area contributed by atoms with Crippen molar-refractivity contribution in [1.82, 2.24) is 19.5 Å². The van der Waals surface area contributed by atoms with Crippen LogP contribution in [-0.4, -0.2) is 59.4 Å². The molecule has 0 unspecified atom stereocenters. The Balaban J connectivity index is 0.000000231. The third-order valence-electron chi connectivity index (χ3n) is 5.26. The molecule has 0 spiro atoms. The highest BCUT2D eigenvalue weighted by molar-refractivity contribution is 6.35. The number of nitrogen functional groups attached to an aromatic ring is 1. The lowest BCUT2D eigenvalue weighted by Gasteiger charge is -2.33. The van der Waals surface area contributed by atoms with E-state index in [1.807, 2.05) is 36.5 Å². The van der Waals surface area contributed by atoms with Gasteiger partial charge < -0.3 is 15.6 Å². The average molecular weight is 472 g/mol. The maximum atomic E-state index is 10.7. The molecule has 2 aromatic heterocycles. The lowest BCUT2D eigenvalue weighted by molar-refractivity contribution is 0.187. The number of likely N-dealkylation sites (N-methyl/N-ethyl adjacent to an activating group) is 1. The van der Waals surface area contributed by atoms with E-state index in [-0.39, 0.29) is 6.67 Å². The summed E-state index contributed by atoms with van der Waals surface area (Å²) in [5, 5.41) is 1.61. The van der Waals surface area contributed by atoms with Crippen molar-refractivity contribution in [1.29, 1.82) is 0 Å². The first-order chi connectivity index (χ1) is 15.8. The molecule has 1 fully saturated rings. The van der Waals surface area contributed by atoms with Gasteiger partial charge in [0.1, 0.15) is 0 Å². The molecular formula is C26H35ClFN5. The second kappa shape index (κ2) is 13.0. The minimum Gasteiger partial charge on any atom is -0.373 e. The molecule has 0 atom stereocenters. The first-order valence-corrected chi connectivity index (χ1v) is 11.5. The zero-order valence-electron chi connectivity index (χ0n) is 19.9. The Kier molecular flexibility index (Phi) is 10.4. The van der Waals surface area contributed by atoms with E-state index < -0.39 is 0 Å². The van der Waals surface area contributed by atoms with Gasteiger partial charge in [0.05, 0.1) is 22.9 Å². The number of nitrogens with two attached hydrogens (primary N) is 1. The lowest BCUT2D eigenvalue weighted by Crippen LogP contribution is -2.43. The Bertz CT molecular complexity index is 1050. The van der Waals surface area contributed by atoms with Crippen molar-refractivity contribution in [2.75, 3.05) is 45.7 Å². The molecule has 3 aromatic rings. The molecule has 7 heteroatoms. The van der Waals surface area contributed by atoms with Crippen molar-refractivity contribution in [3.8, 4) is 11.3 Å². The molecule has 0 aliphatic carbocycles. The lowest BCUT2D eigenvalue weighted by atomic mass is 10.1. The third kappa shape index (κ3) is 7.91. The van der Waals surface area contributed by atoms with Gasteiger partial charge in [-0.2, -0.15) is 0 Å². The number of nitrogens with zero attached hydrogens (tertiary/aromatic N) is 4. The molecule has 4 rings (SSSR count). The van der Waals surface area contributed by atoms with Gasteiger partial charge in [-0.1, -0.05) is 49.9 Å². The topological polar surface area (TPSA) is 50.3 Å². The van der Waals surface area contributed by atoms with Crippen LogP contribution in [0.4, 0.5) is 4.39 Å². The minimum absolute atomic E-state index is 0.181. The summed E-state index contributed by atoms with van der Waals surface area (Å²) in [4.78, 5) is 9.31. The van der Waals surface area contributed by atoms with Gasteiger partial charge in [0.15, 0.2) is 0 Å². The van der Waals surface area contributed by atoms with Crippen LogP contribution in [0.15, 0.2) is 61.6 Å². The maximum Gasteiger partial charge on any atom is 0.0891 e. The molecule has 178 valence electrons. The maximum absolute atomic E-state index is 10.7. The number of aromatic nitrogens is 2. The summed E-state index contributed by atoms with van der Waals surface area (Å²) < 4.78 is 12.2. The van der Waals surface area contributed by atoms with E-state index in [2.05, 4.69) is 41.9 Å². The highest BCUT2D eigenvalue weighted by Crippen LogP contribution is 2.28. The number of allylic oxidation sites excluding steroid dienone is 1. The second-order valence-corrected chi connectivity index (χ2v) is 8.44. The zero-order chi connectivity index (χ0) is 24.4. The molecule has 0 bridgehead atoms. The van der Waals surface area contributed by atoms with Crippen molar-refractivity contribution in [3.63, 3.8) is 0 Å². The van der Waals surface area contributed by atoms with Crippen molar-refractivity contribution < 1.29 is 4.39 Å². The molecule has 2 N–H and O–H groups in total. The monoisotopic (exact) mass is 471 g/mol. The summed E-state index contributed by atoms with van der Waals surface area (Å²) in [6.45, 7) is 16.0. The van der Waals surface area contributed by atoms with E-state index in [1.165, 1.54) is 23.5 Å². The number of rotatable bonds is 4. The predicted octanol–water partition coefficient (Wildman–Crippen LogP) is 5.85. The van der Waals surface area contributed by atoms with E-state index >= 15 is 0 Å². The summed E-state index contributed by atoms with van der Waals surface area (Å²) >= 11 is 6.31. The summed E-state index contributed by atoms with van der Waals surface area (Å²) in [6.07, 6.45) is 6.02. The largest absolute Gasteiger partial charge is 0.373 e. The van der Waals surface area contributed by atoms with Crippen LogP contribution in [0.3, 0.4) is 0 Å². The van der Waals surface area contributed by atoms with E-state index in [0.717, 1.165) is 40.8 Å². The van der Waals surface area contributed by atoms with Gasteiger partial charge in [0.25, 0.3) is 0 Å². The second-order valence-electron chi connectivity index (χ2n) is 8.03. The molecule has 0 saturated carbocycles. The molecule has 1 aromatic carbocycles. The number of halogens is 2. The Morgan fingerprint density at radius 2 is 1.88 bits per heavy atom. The third-order valence-corrected chi connectivity index (χ3v) is 5.57. The summed E-state index contributed by atoms with van der Waals surface area (Å²) in [7, 11) is 2.16. The van der Waals surface area contributed by atoms with Crippen LogP contribution in [0.2, 0.25) is 5.02 Å². The smallest absolute Gasteiger partial charge is 0.0891 e. The first kappa shape index (κ1) is 26.4. The fourth-order valence-corrected chi connectivity index (χ4v) is 3.49. The fraction of sp³-hybridized carbons (Fsp3) is 0.346. The summed E-state index contributed by atoms with van der Waals surface area (Å²) in [6, 6.07) is 9.66. The number of alkyl halides is 1. The SMILES string of the molecule is C=C(C)N1CCN(C)CC1.C=Cc1ccc2c(Cl)cc(-c3ccn(N)c3)nc2c1.CCCF. The normalized spacial score (nSPS) is 13.5. The van der Waals surface area contributed by atoms with Crippen LogP contribution in [0.5, 0.6) is 0 Å². The molecule has 0 radical (unpaired) electrons. The number of fused-ring (bicyclic) bond motifs is 1. The van der Waals surface area contributed by atoms with Crippen LogP contribution >= 0.6 is 11.6 Å². The summed E-state index contributed by atoms with van der Waals surface area (Å²) in [5.41, 5.74) is 4.82. The van der Waals surface area contributed by atoms with Crippen molar-refractivity contribution in [2.45, 2.75) is 20.3 Å².